The maximum Gasteiger partial charge on any atom is 0.123 e. The topological polar surface area (TPSA) is 12.0 Å². The molecule has 1 aliphatic rings. The molecule has 1 N–H and O–H groups in total. The molecule has 1 aromatic carbocycles. The molecular weight excluding hydrogens is 225 g/mol. The van der Waals surface area contributed by atoms with Gasteiger partial charge in [-0.05, 0) is 68.5 Å². The molecule has 100 valence electrons. The van der Waals surface area contributed by atoms with E-state index >= 15 is 0 Å². The van der Waals surface area contributed by atoms with Crippen LogP contribution in [0.3, 0.4) is 0 Å². The van der Waals surface area contributed by atoms with E-state index in [0.29, 0.717) is 11.8 Å². The van der Waals surface area contributed by atoms with E-state index in [1.54, 1.807) is 12.1 Å². The van der Waals surface area contributed by atoms with Gasteiger partial charge < -0.3 is 5.32 Å². The van der Waals surface area contributed by atoms with E-state index in [1.165, 1.54) is 43.2 Å². The maximum absolute atomic E-state index is 13.5. The monoisotopic (exact) mass is 249 g/mol. The van der Waals surface area contributed by atoms with Gasteiger partial charge in [0, 0.05) is 0 Å². The van der Waals surface area contributed by atoms with Crippen LogP contribution in [0.5, 0.6) is 0 Å². The number of rotatable bonds is 3. The van der Waals surface area contributed by atoms with E-state index in [1.807, 2.05) is 13.1 Å². The highest BCUT2D eigenvalue weighted by atomic mass is 19.1. The first-order valence-electron chi connectivity index (χ1n) is 7.13. The number of hydrogen-bond acceptors (Lipinski definition) is 1. The lowest BCUT2D eigenvalue weighted by atomic mass is 9.80. The molecule has 0 heterocycles. The van der Waals surface area contributed by atoms with Gasteiger partial charge in [-0.25, -0.2) is 4.39 Å². The number of benzene rings is 1. The van der Waals surface area contributed by atoms with Crippen molar-refractivity contribution in [2.45, 2.75) is 44.9 Å². The average molecular weight is 249 g/mol. The molecule has 0 radical (unpaired) electrons. The highest BCUT2D eigenvalue weighted by Gasteiger charge is 2.25. The molecule has 2 heteroatoms. The molecule has 0 spiro atoms. The largest absolute Gasteiger partial charge is 0.319 e. The van der Waals surface area contributed by atoms with Crippen molar-refractivity contribution in [3.8, 4) is 0 Å². The normalized spacial score (nSPS) is 24.8. The first kappa shape index (κ1) is 13.5. The minimum absolute atomic E-state index is 0.0944. The van der Waals surface area contributed by atoms with Gasteiger partial charge >= 0.3 is 0 Å². The van der Waals surface area contributed by atoms with E-state index in [2.05, 4.69) is 12.2 Å². The summed E-state index contributed by atoms with van der Waals surface area (Å²) in [7, 11) is 2.01. The first-order chi connectivity index (χ1) is 8.72. The summed E-state index contributed by atoms with van der Waals surface area (Å²) < 4.78 is 13.5. The highest BCUT2D eigenvalue weighted by molar-refractivity contribution is 5.30. The third kappa shape index (κ3) is 3.11. The Morgan fingerprint density at radius 2 is 2.00 bits per heavy atom. The lowest BCUT2D eigenvalue weighted by Crippen LogP contribution is -2.24. The van der Waals surface area contributed by atoms with E-state index in [9.17, 15) is 4.39 Å². The van der Waals surface area contributed by atoms with Crippen LogP contribution in [0, 0.1) is 18.7 Å². The van der Waals surface area contributed by atoms with Crippen LogP contribution in [-0.4, -0.2) is 13.6 Å². The summed E-state index contributed by atoms with van der Waals surface area (Å²) in [4.78, 5) is 0. The van der Waals surface area contributed by atoms with Crippen molar-refractivity contribution in [3.05, 3.63) is 35.1 Å². The molecule has 1 nitrogen and oxygen atoms in total. The maximum atomic E-state index is 13.5. The van der Waals surface area contributed by atoms with Crippen molar-refractivity contribution < 1.29 is 4.39 Å². The van der Waals surface area contributed by atoms with Crippen LogP contribution in [0.1, 0.15) is 49.1 Å². The molecule has 2 rings (SSSR count). The molecular formula is C16H24FN. The van der Waals surface area contributed by atoms with Gasteiger partial charge in [0.25, 0.3) is 0 Å². The summed E-state index contributed by atoms with van der Waals surface area (Å²) in [6.07, 6.45) is 6.39. The lowest BCUT2D eigenvalue weighted by Gasteiger charge is -2.27. The summed E-state index contributed by atoms with van der Waals surface area (Å²) in [5.74, 6) is 1.08. The Bertz CT molecular complexity index is 389. The fourth-order valence-electron chi connectivity index (χ4n) is 3.31. The number of aryl methyl sites for hydroxylation is 1. The van der Waals surface area contributed by atoms with Gasteiger partial charge in [-0.1, -0.05) is 25.3 Å². The number of nitrogens with one attached hydrogen (secondary N) is 1. The second-order valence-electron chi connectivity index (χ2n) is 5.56. The quantitative estimate of drug-likeness (QED) is 0.798. The predicted octanol–water partition coefficient (Wildman–Crippen LogP) is 4.02. The molecule has 0 saturated heterocycles. The van der Waals surface area contributed by atoms with Gasteiger partial charge in [-0.15, -0.1) is 0 Å². The SMILES string of the molecule is CNCC1CCCCCC1c1cc(F)ccc1C. The standard InChI is InChI=1S/C16H24FN/c1-12-8-9-14(17)10-16(12)15-7-5-3-4-6-13(15)11-18-2/h8-10,13,15,18H,3-7,11H2,1-2H3. The molecule has 2 unspecified atom stereocenters. The Labute approximate surface area is 110 Å². The van der Waals surface area contributed by atoms with E-state index < -0.39 is 0 Å². The molecule has 0 bridgehead atoms. The molecule has 18 heavy (non-hydrogen) atoms. The Morgan fingerprint density at radius 3 is 2.78 bits per heavy atom. The third-order valence-corrected chi connectivity index (χ3v) is 4.27. The fraction of sp³-hybridized carbons (Fsp3) is 0.625. The predicted molar refractivity (Wildman–Crippen MR) is 74.4 cm³/mol. The van der Waals surface area contributed by atoms with Gasteiger partial charge in [-0.2, -0.15) is 0 Å². The van der Waals surface area contributed by atoms with Gasteiger partial charge in [-0.3, -0.25) is 0 Å². The summed E-state index contributed by atoms with van der Waals surface area (Å²) in [6.45, 7) is 3.15. The summed E-state index contributed by atoms with van der Waals surface area (Å²) in [5, 5.41) is 3.31. The lowest BCUT2D eigenvalue weighted by molar-refractivity contribution is 0.384. The second-order valence-corrected chi connectivity index (χ2v) is 5.56. The molecule has 2 atom stereocenters. The van der Waals surface area contributed by atoms with Crippen LogP contribution in [0.2, 0.25) is 0 Å². The van der Waals surface area contributed by atoms with Gasteiger partial charge in [0.2, 0.25) is 0 Å². The van der Waals surface area contributed by atoms with Crippen molar-refractivity contribution in [1.29, 1.82) is 0 Å². The number of halogens is 1. The van der Waals surface area contributed by atoms with E-state index in [0.717, 1.165) is 6.54 Å². The summed E-state index contributed by atoms with van der Waals surface area (Å²) in [6, 6.07) is 5.25. The summed E-state index contributed by atoms with van der Waals surface area (Å²) in [5.41, 5.74) is 2.47. The molecule has 0 aromatic heterocycles. The molecule has 0 aliphatic heterocycles. The third-order valence-electron chi connectivity index (χ3n) is 4.27. The van der Waals surface area contributed by atoms with Gasteiger partial charge in [0.15, 0.2) is 0 Å². The zero-order valence-electron chi connectivity index (χ0n) is 11.5. The Morgan fingerprint density at radius 1 is 1.22 bits per heavy atom. The second kappa shape index (κ2) is 6.33. The fourth-order valence-corrected chi connectivity index (χ4v) is 3.31. The zero-order valence-corrected chi connectivity index (χ0v) is 11.5. The van der Waals surface area contributed by atoms with E-state index in [4.69, 9.17) is 0 Å². The molecule has 0 amide bonds. The zero-order chi connectivity index (χ0) is 13.0. The molecule has 1 aromatic rings. The molecule has 1 fully saturated rings. The van der Waals surface area contributed by atoms with Crippen LogP contribution in [-0.2, 0) is 0 Å². The van der Waals surface area contributed by atoms with Gasteiger partial charge in [0.1, 0.15) is 5.82 Å². The molecule has 1 saturated carbocycles. The highest BCUT2D eigenvalue weighted by Crippen LogP contribution is 2.37. The Hall–Kier alpha value is -0.890. The minimum Gasteiger partial charge on any atom is -0.319 e. The average Bonchev–Trinajstić information content (AvgIpc) is 2.58. The minimum atomic E-state index is -0.0944. The molecule has 1 aliphatic carbocycles. The first-order valence-corrected chi connectivity index (χ1v) is 7.13. The van der Waals surface area contributed by atoms with Crippen molar-refractivity contribution in [1.82, 2.24) is 5.32 Å². The smallest absolute Gasteiger partial charge is 0.123 e. The van der Waals surface area contributed by atoms with Crippen LogP contribution >= 0.6 is 0 Å². The van der Waals surface area contributed by atoms with Crippen molar-refractivity contribution in [3.63, 3.8) is 0 Å². The number of hydrogen-bond donors (Lipinski definition) is 1. The van der Waals surface area contributed by atoms with Crippen molar-refractivity contribution >= 4 is 0 Å². The van der Waals surface area contributed by atoms with Crippen LogP contribution in [0.15, 0.2) is 18.2 Å². The summed E-state index contributed by atoms with van der Waals surface area (Å²) >= 11 is 0. The Kier molecular flexibility index (Phi) is 4.76. The Balaban J connectivity index is 2.28. The van der Waals surface area contributed by atoms with Crippen molar-refractivity contribution in [2.75, 3.05) is 13.6 Å². The van der Waals surface area contributed by atoms with Crippen LogP contribution in [0.25, 0.3) is 0 Å². The van der Waals surface area contributed by atoms with Gasteiger partial charge in [0.05, 0.1) is 0 Å². The van der Waals surface area contributed by atoms with E-state index in [-0.39, 0.29) is 5.82 Å². The van der Waals surface area contributed by atoms with Crippen molar-refractivity contribution in [2.24, 2.45) is 5.92 Å². The van der Waals surface area contributed by atoms with Crippen LogP contribution in [0.4, 0.5) is 4.39 Å². The van der Waals surface area contributed by atoms with Crippen LogP contribution < -0.4 is 5.32 Å².